The number of hydrogen-bond acceptors (Lipinski definition) is 4. The fourth-order valence-corrected chi connectivity index (χ4v) is 3.84. The minimum atomic E-state index is -1.46. The van der Waals surface area contributed by atoms with Crippen molar-refractivity contribution in [2.75, 3.05) is 26.2 Å². The van der Waals surface area contributed by atoms with Gasteiger partial charge in [-0.3, -0.25) is 14.5 Å². The van der Waals surface area contributed by atoms with Crippen molar-refractivity contribution in [3.05, 3.63) is 35.9 Å². The molecule has 6 heteroatoms. The fraction of sp³-hybridized carbons (Fsp3) is 0.579. The fourth-order valence-electron chi connectivity index (χ4n) is 3.84. The number of rotatable bonds is 4. The first-order chi connectivity index (χ1) is 12.0. The van der Waals surface area contributed by atoms with Crippen LogP contribution >= 0.6 is 0 Å². The molecular weight excluding hydrogens is 318 g/mol. The van der Waals surface area contributed by atoms with Crippen molar-refractivity contribution in [3.63, 3.8) is 0 Å². The summed E-state index contributed by atoms with van der Waals surface area (Å²) in [6.07, 6.45) is 2.38. The van der Waals surface area contributed by atoms with Crippen LogP contribution in [0.5, 0.6) is 0 Å². The van der Waals surface area contributed by atoms with E-state index in [9.17, 15) is 14.7 Å². The topological polar surface area (TPSA) is 86.9 Å². The van der Waals surface area contributed by atoms with Gasteiger partial charge in [0.1, 0.15) is 5.60 Å². The number of benzene rings is 1. The van der Waals surface area contributed by atoms with Crippen LogP contribution in [0, 0.1) is 5.92 Å². The molecule has 3 N–H and O–H groups in total. The number of primary amides is 1. The van der Waals surface area contributed by atoms with Crippen LogP contribution in [0.3, 0.4) is 0 Å². The smallest absolute Gasteiger partial charge is 0.249 e. The molecule has 2 saturated heterocycles. The predicted molar refractivity (Wildman–Crippen MR) is 94.4 cm³/mol. The van der Waals surface area contributed by atoms with Gasteiger partial charge in [-0.1, -0.05) is 30.3 Å². The van der Waals surface area contributed by atoms with Crippen molar-refractivity contribution < 1.29 is 14.7 Å². The Kier molecular flexibility index (Phi) is 5.39. The molecule has 1 atom stereocenters. The summed E-state index contributed by atoms with van der Waals surface area (Å²) in [6, 6.07) is 10.3. The second-order valence-electron chi connectivity index (χ2n) is 7.28. The molecule has 1 aromatic rings. The molecule has 136 valence electrons. The lowest BCUT2D eigenvalue weighted by Crippen LogP contribution is -2.55. The first kappa shape index (κ1) is 17.9. The SMILES string of the molecule is NC(=O)C1(O)CCN(C(=O)C2CCCN(Cc3ccccc3)C2)CC1. The Hall–Kier alpha value is -1.92. The molecule has 0 aromatic heterocycles. The van der Waals surface area contributed by atoms with Gasteiger partial charge in [-0.05, 0) is 24.9 Å². The molecule has 0 aliphatic carbocycles. The van der Waals surface area contributed by atoms with E-state index in [1.54, 1.807) is 4.90 Å². The number of nitrogens with two attached hydrogens (primary N) is 1. The Bertz CT molecular complexity index is 612. The molecule has 2 amide bonds. The van der Waals surface area contributed by atoms with E-state index < -0.39 is 11.5 Å². The van der Waals surface area contributed by atoms with Crippen LogP contribution in [0.2, 0.25) is 0 Å². The second kappa shape index (κ2) is 7.54. The highest BCUT2D eigenvalue weighted by Crippen LogP contribution is 2.26. The molecule has 2 fully saturated rings. The predicted octanol–water partition coefficient (Wildman–Crippen LogP) is 0.737. The minimum absolute atomic E-state index is 0.00256. The summed E-state index contributed by atoms with van der Waals surface area (Å²) < 4.78 is 0. The second-order valence-corrected chi connectivity index (χ2v) is 7.28. The van der Waals surface area contributed by atoms with Gasteiger partial charge in [-0.25, -0.2) is 0 Å². The van der Waals surface area contributed by atoms with Crippen LogP contribution in [0.4, 0.5) is 0 Å². The van der Waals surface area contributed by atoms with E-state index in [1.807, 2.05) is 18.2 Å². The van der Waals surface area contributed by atoms with Gasteiger partial charge in [0.15, 0.2) is 0 Å². The number of nitrogens with zero attached hydrogens (tertiary/aromatic N) is 2. The standard InChI is InChI=1S/C19H27N3O3/c20-18(24)19(25)8-11-22(12-9-19)17(23)16-7-4-10-21(14-16)13-15-5-2-1-3-6-15/h1-3,5-6,16,25H,4,7-14H2,(H2,20,24). The summed E-state index contributed by atoms with van der Waals surface area (Å²) >= 11 is 0. The molecule has 1 unspecified atom stereocenters. The third-order valence-corrected chi connectivity index (χ3v) is 5.46. The van der Waals surface area contributed by atoms with Gasteiger partial charge in [0.2, 0.25) is 11.8 Å². The number of amides is 2. The molecule has 0 radical (unpaired) electrons. The molecule has 0 bridgehead atoms. The Labute approximate surface area is 148 Å². The van der Waals surface area contributed by atoms with Gasteiger partial charge in [0.05, 0.1) is 5.92 Å². The van der Waals surface area contributed by atoms with Gasteiger partial charge in [-0.2, -0.15) is 0 Å². The van der Waals surface area contributed by atoms with Crippen molar-refractivity contribution in [2.45, 2.75) is 37.8 Å². The first-order valence-corrected chi connectivity index (χ1v) is 9.05. The van der Waals surface area contributed by atoms with E-state index in [0.29, 0.717) is 13.1 Å². The van der Waals surface area contributed by atoms with E-state index in [2.05, 4.69) is 17.0 Å². The maximum absolute atomic E-state index is 12.8. The monoisotopic (exact) mass is 345 g/mol. The van der Waals surface area contributed by atoms with Gasteiger partial charge in [-0.15, -0.1) is 0 Å². The summed E-state index contributed by atoms with van der Waals surface area (Å²) in [5.74, 6) is -0.548. The van der Waals surface area contributed by atoms with Gasteiger partial charge < -0.3 is 15.7 Å². The zero-order valence-electron chi connectivity index (χ0n) is 14.6. The minimum Gasteiger partial charge on any atom is -0.380 e. The average Bonchev–Trinajstić information content (AvgIpc) is 2.63. The van der Waals surface area contributed by atoms with Crippen LogP contribution < -0.4 is 5.73 Å². The maximum Gasteiger partial charge on any atom is 0.249 e. The van der Waals surface area contributed by atoms with E-state index in [4.69, 9.17) is 5.73 Å². The zero-order valence-corrected chi connectivity index (χ0v) is 14.6. The van der Waals surface area contributed by atoms with E-state index in [1.165, 1.54) is 5.56 Å². The third-order valence-electron chi connectivity index (χ3n) is 5.46. The normalized spacial score (nSPS) is 24.0. The molecule has 2 heterocycles. The molecule has 25 heavy (non-hydrogen) atoms. The highest BCUT2D eigenvalue weighted by molar-refractivity contribution is 5.84. The van der Waals surface area contributed by atoms with Crippen molar-refractivity contribution in [3.8, 4) is 0 Å². The van der Waals surface area contributed by atoms with Gasteiger partial charge in [0.25, 0.3) is 0 Å². The highest BCUT2D eigenvalue weighted by Gasteiger charge is 2.40. The third kappa shape index (κ3) is 4.19. The van der Waals surface area contributed by atoms with Crippen LogP contribution in [0.25, 0.3) is 0 Å². The average molecular weight is 345 g/mol. The van der Waals surface area contributed by atoms with E-state index in [0.717, 1.165) is 32.5 Å². The molecule has 0 saturated carbocycles. The highest BCUT2D eigenvalue weighted by atomic mass is 16.3. The van der Waals surface area contributed by atoms with Crippen molar-refractivity contribution in [1.29, 1.82) is 0 Å². The number of aliphatic hydroxyl groups is 1. The van der Waals surface area contributed by atoms with Gasteiger partial charge in [0, 0.05) is 39.0 Å². The molecule has 1 aromatic carbocycles. The lowest BCUT2D eigenvalue weighted by Gasteiger charge is -2.39. The van der Waals surface area contributed by atoms with Crippen molar-refractivity contribution in [1.82, 2.24) is 9.80 Å². The summed E-state index contributed by atoms with van der Waals surface area (Å²) in [6.45, 7) is 3.44. The molecule has 2 aliphatic heterocycles. The Morgan fingerprint density at radius 3 is 2.48 bits per heavy atom. The quantitative estimate of drug-likeness (QED) is 0.842. The number of likely N-dealkylation sites (tertiary alicyclic amines) is 2. The van der Waals surface area contributed by atoms with E-state index in [-0.39, 0.29) is 24.7 Å². The summed E-state index contributed by atoms with van der Waals surface area (Å²) in [7, 11) is 0. The van der Waals surface area contributed by atoms with Gasteiger partial charge >= 0.3 is 0 Å². The summed E-state index contributed by atoms with van der Waals surface area (Å²) in [5.41, 5.74) is 5.07. The van der Waals surface area contributed by atoms with Crippen LogP contribution in [-0.2, 0) is 16.1 Å². The van der Waals surface area contributed by atoms with Crippen LogP contribution in [-0.4, -0.2) is 58.5 Å². The Morgan fingerprint density at radius 2 is 1.84 bits per heavy atom. The molecular formula is C19H27N3O3. The first-order valence-electron chi connectivity index (χ1n) is 9.05. The molecule has 6 nitrogen and oxygen atoms in total. The molecule has 2 aliphatic rings. The largest absolute Gasteiger partial charge is 0.380 e. The van der Waals surface area contributed by atoms with Crippen LogP contribution in [0.1, 0.15) is 31.2 Å². The lowest BCUT2D eigenvalue weighted by atomic mass is 9.89. The maximum atomic E-state index is 12.8. The number of hydrogen-bond donors (Lipinski definition) is 2. The van der Waals surface area contributed by atoms with E-state index >= 15 is 0 Å². The van der Waals surface area contributed by atoms with Crippen molar-refractivity contribution in [2.24, 2.45) is 11.7 Å². The Balaban J connectivity index is 1.55. The van der Waals surface area contributed by atoms with Crippen LogP contribution in [0.15, 0.2) is 30.3 Å². The number of carbonyl (C=O) groups is 2. The Morgan fingerprint density at radius 1 is 1.16 bits per heavy atom. The lowest BCUT2D eigenvalue weighted by molar-refractivity contribution is -0.149. The number of piperidine rings is 2. The number of carbonyl (C=O) groups excluding carboxylic acids is 2. The molecule has 0 spiro atoms. The molecule has 3 rings (SSSR count). The zero-order chi connectivity index (χ0) is 17.9. The summed E-state index contributed by atoms with van der Waals surface area (Å²) in [4.78, 5) is 28.3. The van der Waals surface area contributed by atoms with Crippen molar-refractivity contribution >= 4 is 11.8 Å². The summed E-state index contributed by atoms with van der Waals surface area (Å²) in [5, 5.41) is 10.1.